The van der Waals surface area contributed by atoms with Gasteiger partial charge in [0.25, 0.3) is 0 Å². The van der Waals surface area contributed by atoms with Gasteiger partial charge in [-0.25, -0.2) is 0 Å². The van der Waals surface area contributed by atoms with Gasteiger partial charge in [-0.15, -0.1) is 0 Å². The second-order valence-corrected chi connectivity index (χ2v) is 7.98. The largest absolute Gasteiger partial charge is 0.172 e. The molecule has 0 saturated heterocycles. The minimum Gasteiger partial charge on any atom is -0.172 e. The van der Waals surface area contributed by atoms with Crippen molar-refractivity contribution < 1.29 is 0 Å². The van der Waals surface area contributed by atoms with Crippen LogP contribution in [0.4, 0.5) is 0 Å². The Labute approximate surface area is 157 Å². The summed E-state index contributed by atoms with van der Waals surface area (Å²) in [5, 5.41) is 0. The van der Waals surface area contributed by atoms with Crippen molar-refractivity contribution >= 4 is 77.4 Å². The van der Waals surface area contributed by atoms with Gasteiger partial charge in [0.1, 0.15) is 22.1 Å². The minimum atomic E-state index is 0.900. The monoisotopic (exact) mass is 468 g/mol. The molecular formula is C15H10Br2N4S2. The van der Waals surface area contributed by atoms with Crippen LogP contribution in [0.25, 0.3) is 33.2 Å². The predicted molar refractivity (Wildman–Crippen MR) is 103 cm³/mol. The minimum absolute atomic E-state index is 0.900. The maximum absolute atomic E-state index is 4.56. The molecule has 0 amide bonds. The third-order valence-corrected chi connectivity index (χ3v) is 6.16. The summed E-state index contributed by atoms with van der Waals surface area (Å²) in [6.45, 7) is 4.26. The summed E-state index contributed by atoms with van der Waals surface area (Å²) in [6, 6.07) is 4.25. The first-order valence-corrected chi connectivity index (χ1v) is 10.0. The highest BCUT2D eigenvalue weighted by molar-refractivity contribution is 9.11. The average molecular weight is 470 g/mol. The van der Waals surface area contributed by atoms with E-state index in [2.05, 4.69) is 75.3 Å². The van der Waals surface area contributed by atoms with E-state index >= 15 is 0 Å². The van der Waals surface area contributed by atoms with Gasteiger partial charge >= 0.3 is 0 Å². The molecule has 0 aliphatic carbocycles. The number of hydrogen-bond acceptors (Lipinski definition) is 6. The molecule has 4 nitrogen and oxygen atoms in total. The van der Waals surface area contributed by atoms with Crippen LogP contribution in [0.1, 0.15) is 18.1 Å². The Morgan fingerprint density at radius 1 is 0.826 bits per heavy atom. The van der Waals surface area contributed by atoms with Crippen molar-refractivity contribution in [1.29, 1.82) is 0 Å². The molecule has 0 N–H and O–H groups in total. The molecule has 2 aromatic heterocycles. The Morgan fingerprint density at radius 2 is 1.35 bits per heavy atom. The van der Waals surface area contributed by atoms with Gasteiger partial charge in [0.15, 0.2) is 0 Å². The molecule has 4 rings (SSSR count). The molecule has 0 bridgehead atoms. The van der Waals surface area contributed by atoms with E-state index in [0.717, 1.165) is 54.1 Å². The molecule has 0 unspecified atom stereocenters. The molecule has 0 radical (unpaired) electrons. The van der Waals surface area contributed by atoms with Crippen molar-refractivity contribution in [2.24, 2.45) is 0 Å². The third kappa shape index (κ3) is 2.34. The van der Waals surface area contributed by atoms with Crippen molar-refractivity contribution in [3.05, 3.63) is 32.2 Å². The van der Waals surface area contributed by atoms with E-state index in [-0.39, 0.29) is 0 Å². The lowest BCUT2D eigenvalue weighted by Crippen LogP contribution is -1.95. The zero-order chi connectivity index (χ0) is 16.1. The number of hydrogen-bond donors (Lipinski definition) is 0. The first kappa shape index (κ1) is 15.6. The standard InChI is InChI=1S/C15H10Br2N4S2/c1-3-7-5-9(17)13-15(21-23-19-13)11(7)10-6(2)4-8(16)12-14(10)20-22-18-12/h4-5H,3H2,1-2H3. The average Bonchev–Trinajstić information content (AvgIpc) is 3.17. The van der Waals surface area contributed by atoms with E-state index in [1.165, 1.54) is 29.0 Å². The quantitative estimate of drug-likeness (QED) is 0.374. The lowest BCUT2D eigenvalue weighted by Gasteiger charge is -2.13. The number of rotatable bonds is 2. The predicted octanol–water partition coefficient (Wildman–Crippen LogP) is 5.76. The lowest BCUT2D eigenvalue weighted by molar-refractivity contribution is 1.14. The van der Waals surface area contributed by atoms with E-state index in [1.54, 1.807) is 0 Å². The highest BCUT2D eigenvalue weighted by Gasteiger charge is 2.21. The Morgan fingerprint density at radius 3 is 1.96 bits per heavy atom. The summed E-state index contributed by atoms with van der Waals surface area (Å²) >= 11 is 9.69. The highest BCUT2D eigenvalue weighted by atomic mass is 79.9. The molecule has 0 aliphatic heterocycles. The summed E-state index contributed by atoms with van der Waals surface area (Å²) in [7, 11) is 0. The van der Waals surface area contributed by atoms with Gasteiger partial charge in [-0.1, -0.05) is 6.92 Å². The maximum Gasteiger partial charge on any atom is 0.119 e. The van der Waals surface area contributed by atoms with E-state index in [9.17, 15) is 0 Å². The lowest BCUT2D eigenvalue weighted by atomic mass is 9.92. The second kappa shape index (κ2) is 5.84. The highest BCUT2D eigenvalue weighted by Crippen LogP contribution is 2.41. The fraction of sp³-hybridized carbons (Fsp3) is 0.200. The number of halogens is 2. The molecule has 0 fully saturated rings. The van der Waals surface area contributed by atoms with Crippen LogP contribution in [0.5, 0.6) is 0 Å². The van der Waals surface area contributed by atoms with Gasteiger partial charge in [-0.3, -0.25) is 0 Å². The van der Waals surface area contributed by atoms with E-state index in [0.29, 0.717) is 0 Å². The first-order chi connectivity index (χ1) is 11.1. The molecule has 8 heteroatoms. The van der Waals surface area contributed by atoms with Gasteiger partial charge in [0.05, 0.1) is 23.5 Å². The zero-order valence-corrected chi connectivity index (χ0v) is 17.0. The molecule has 2 aromatic carbocycles. The summed E-state index contributed by atoms with van der Waals surface area (Å²) in [4.78, 5) is 0. The van der Waals surface area contributed by atoms with Gasteiger partial charge in [0.2, 0.25) is 0 Å². The van der Waals surface area contributed by atoms with Gasteiger partial charge in [0, 0.05) is 20.1 Å². The van der Waals surface area contributed by atoms with Crippen molar-refractivity contribution in [3.63, 3.8) is 0 Å². The molecule has 0 atom stereocenters. The maximum atomic E-state index is 4.56. The van der Waals surface area contributed by atoms with Crippen LogP contribution < -0.4 is 0 Å². The van der Waals surface area contributed by atoms with Gasteiger partial charge in [-0.05, 0) is 68.5 Å². The van der Waals surface area contributed by atoms with Crippen LogP contribution in [0.2, 0.25) is 0 Å². The molecule has 2 heterocycles. The zero-order valence-electron chi connectivity index (χ0n) is 12.2. The molecule has 23 heavy (non-hydrogen) atoms. The van der Waals surface area contributed by atoms with Gasteiger partial charge < -0.3 is 0 Å². The van der Waals surface area contributed by atoms with Crippen LogP contribution in [-0.4, -0.2) is 17.5 Å². The van der Waals surface area contributed by atoms with Crippen LogP contribution in [-0.2, 0) is 6.42 Å². The summed E-state index contributed by atoms with van der Waals surface area (Å²) in [6.07, 6.45) is 0.913. The van der Waals surface area contributed by atoms with E-state index in [4.69, 9.17) is 0 Å². The molecule has 0 aliphatic rings. The van der Waals surface area contributed by atoms with Crippen molar-refractivity contribution in [2.75, 3.05) is 0 Å². The third-order valence-electron chi connectivity index (χ3n) is 3.89. The Hall–Kier alpha value is -0.960. The number of fused-ring (bicyclic) bond motifs is 2. The number of benzene rings is 2. The van der Waals surface area contributed by atoms with Crippen LogP contribution in [0.15, 0.2) is 21.1 Å². The number of aromatic nitrogens is 4. The first-order valence-electron chi connectivity index (χ1n) is 6.97. The van der Waals surface area contributed by atoms with Crippen LogP contribution in [0, 0.1) is 6.92 Å². The Balaban J connectivity index is 2.21. The molecule has 4 aromatic rings. The fourth-order valence-corrected chi connectivity index (χ4v) is 5.40. The molecule has 116 valence electrons. The molecule has 0 spiro atoms. The second-order valence-electron chi connectivity index (χ2n) is 5.22. The normalized spacial score (nSPS) is 11.7. The fourth-order valence-electron chi connectivity index (χ4n) is 2.85. The van der Waals surface area contributed by atoms with Crippen molar-refractivity contribution in [1.82, 2.24) is 17.5 Å². The molecule has 0 saturated carbocycles. The van der Waals surface area contributed by atoms with E-state index < -0.39 is 0 Å². The number of aryl methyl sites for hydroxylation is 2. The Bertz CT molecular complexity index is 1050. The van der Waals surface area contributed by atoms with Crippen molar-refractivity contribution in [2.45, 2.75) is 20.3 Å². The SMILES string of the molecule is CCc1cc(Br)c2nsnc2c1-c1c(C)cc(Br)c2nsnc12. The smallest absolute Gasteiger partial charge is 0.119 e. The summed E-state index contributed by atoms with van der Waals surface area (Å²) < 4.78 is 19.9. The van der Waals surface area contributed by atoms with E-state index in [1.807, 2.05) is 0 Å². The van der Waals surface area contributed by atoms with Gasteiger partial charge in [-0.2, -0.15) is 17.5 Å². The summed E-state index contributed by atoms with van der Waals surface area (Å²) in [5.41, 5.74) is 8.29. The topological polar surface area (TPSA) is 51.6 Å². The summed E-state index contributed by atoms with van der Waals surface area (Å²) in [5.74, 6) is 0. The molecular weight excluding hydrogens is 460 g/mol. The number of nitrogens with zero attached hydrogens (tertiary/aromatic N) is 4. The van der Waals surface area contributed by atoms with Crippen LogP contribution >= 0.6 is 55.3 Å². The van der Waals surface area contributed by atoms with Crippen molar-refractivity contribution in [3.8, 4) is 11.1 Å². The Kier molecular flexibility index (Phi) is 3.95. The van der Waals surface area contributed by atoms with Crippen LogP contribution in [0.3, 0.4) is 0 Å².